The molecule has 1 amide bonds. The number of aryl methyl sites for hydroxylation is 1. The molecule has 2 aromatic rings. The van der Waals surface area contributed by atoms with Crippen molar-refractivity contribution in [2.45, 2.75) is 45.4 Å². The lowest BCUT2D eigenvalue weighted by Gasteiger charge is -2.31. The van der Waals surface area contributed by atoms with Crippen LogP contribution in [0.1, 0.15) is 66.6 Å². The van der Waals surface area contributed by atoms with Gasteiger partial charge < -0.3 is 9.42 Å². The van der Waals surface area contributed by atoms with Crippen molar-refractivity contribution < 1.29 is 9.32 Å². The molecule has 7 nitrogen and oxygen atoms in total. The molecule has 0 aliphatic carbocycles. The van der Waals surface area contributed by atoms with Crippen LogP contribution in [-0.4, -0.2) is 44.0 Å². The molecule has 24 heavy (non-hydrogen) atoms. The van der Waals surface area contributed by atoms with E-state index >= 15 is 0 Å². The Balaban J connectivity index is 1.77. The van der Waals surface area contributed by atoms with Gasteiger partial charge in [0.05, 0.1) is 11.2 Å². The van der Waals surface area contributed by atoms with E-state index in [1.165, 1.54) is 6.20 Å². The van der Waals surface area contributed by atoms with Crippen LogP contribution in [-0.2, 0) is 0 Å². The molecule has 0 spiro atoms. The van der Waals surface area contributed by atoms with E-state index in [0.717, 1.165) is 12.8 Å². The number of carbonyl (C=O) groups excluding carboxylic acids is 1. The summed E-state index contributed by atoms with van der Waals surface area (Å²) in [4.78, 5) is 27.2. The minimum atomic E-state index is -0.178. The van der Waals surface area contributed by atoms with Gasteiger partial charge in [-0.1, -0.05) is 30.6 Å². The molecule has 8 heteroatoms. The Bertz CT molecular complexity index is 746. The van der Waals surface area contributed by atoms with Gasteiger partial charge in [-0.25, -0.2) is 9.97 Å². The third-order valence-corrected chi connectivity index (χ3v) is 4.37. The molecule has 1 atom stereocenters. The van der Waals surface area contributed by atoms with Crippen molar-refractivity contribution >= 4 is 17.5 Å². The van der Waals surface area contributed by atoms with Gasteiger partial charge in [0.1, 0.15) is 5.82 Å². The van der Waals surface area contributed by atoms with Crippen molar-refractivity contribution in [3.8, 4) is 0 Å². The maximum atomic E-state index is 12.8. The molecule has 0 saturated carbocycles. The number of halogens is 1. The van der Waals surface area contributed by atoms with Crippen molar-refractivity contribution in [2.75, 3.05) is 13.1 Å². The van der Waals surface area contributed by atoms with Crippen LogP contribution in [0, 0.1) is 6.92 Å². The normalized spacial score (nSPS) is 18.2. The minimum Gasteiger partial charge on any atom is -0.339 e. The first-order valence-electron chi connectivity index (χ1n) is 8.07. The van der Waals surface area contributed by atoms with Gasteiger partial charge in [-0.05, 0) is 19.8 Å². The van der Waals surface area contributed by atoms with Gasteiger partial charge in [-0.3, -0.25) is 4.79 Å². The maximum absolute atomic E-state index is 12.8. The average molecular weight is 350 g/mol. The largest absolute Gasteiger partial charge is 0.339 e. The van der Waals surface area contributed by atoms with Gasteiger partial charge in [-0.2, -0.15) is 4.98 Å². The highest BCUT2D eigenvalue weighted by atomic mass is 35.5. The lowest BCUT2D eigenvalue weighted by Crippen LogP contribution is -2.40. The molecule has 1 aliphatic heterocycles. The fourth-order valence-electron chi connectivity index (χ4n) is 2.77. The Morgan fingerprint density at radius 2 is 2.21 bits per heavy atom. The van der Waals surface area contributed by atoms with E-state index in [4.69, 9.17) is 16.1 Å². The van der Waals surface area contributed by atoms with E-state index in [2.05, 4.69) is 20.1 Å². The number of nitrogens with zero attached hydrogens (tertiary/aromatic N) is 5. The summed E-state index contributed by atoms with van der Waals surface area (Å²) in [5.74, 6) is 1.90. The maximum Gasteiger partial charge on any atom is 0.274 e. The zero-order valence-corrected chi connectivity index (χ0v) is 14.7. The van der Waals surface area contributed by atoms with Gasteiger partial charge in [0.2, 0.25) is 5.89 Å². The quantitative estimate of drug-likeness (QED) is 0.846. The summed E-state index contributed by atoms with van der Waals surface area (Å²) in [6.07, 6.45) is 3.27. The minimum absolute atomic E-state index is 0.0701. The van der Waals surface area contributed by atoms with Crippen molar-refractivity contribution in [3.63, 3.8) is 0 Å². The molecule has 3 heterocycles. The van der Waals surface area contributed by atoms with Crippen molar-refractivity contribution in [1.82, 2.24) is 25.0 Å². The monoisotopic (exact) mass is 349 g/mol. The molecule has 1 aliphatic rings. The number of amides is 1. The molecule has 0 N–H and O–H groups in total. The van der Waals surface area contributed by atoms with Gasteiger partial charge >= 0.3 is 0 Å². The summed E-state index contributed by atoms with van der Waals surface area (Å²) < 4.78 is 5.29. The first-order valence-corrected chi connectivity index (χ1v) is 8.45. The highest BCUT2D eigenvalue weighted by Gasteiger charge is 2.30. The number of hydrogen-bond donors (Lipinski definition) is 0. The van der Waals surface area contributed by atoms with Crippen LogP contribution in [0.4, 0.5) is 0 Å². The third-order valence-electron chi connectivity index (χ3n) is 4.09. The van der Waals surface area contributed by atoms with E-state index in [0.29, 0.717) is 30.6 Å². The van der Waals surface area contributed by atoms with E-state index < -0.39 is 0 Å². The SMILES string of the molecule is Cc1ncc(Cl)c(C(=O)N2CCCC(c3noc(C(C)C)n3)C2)n1. The van der Waals surface area contributed by atoms with Crippen LogP contribution in [0.25, 0.3) is 0 Å². The molecule has 0 radical (unpaired) electrons. The molecular formula is C16H20ClN5O2. The Hall–Kier alpha value is -2.02. The molecule has 0 bridgehead atoms. The Labute approximate surface area is 145 Å². The number of piperidine rings is 1. The van der Waals surface area contributed by atoms with E-state index in [9.17, 15) is 4.79 Å². The van der Waals surface area contributed by atoms with Crippen LogP contribution in [0.15, 0.2) is 10.7 Å². The second kappa shape index (κ2) is 6.84. The van der Waals surface area contributed by atoms with Crippen LogP contribution in [0.2, 0.25) is 5.02 Å². The summed E-state index contributed by atoms with van der Waals surface area (Å²) >= 11 is 6.09. The lowest BCUT2D eigenvalue weighted by atomic mass is 9.97. The van der Waals surface area contributed by atoms with E-state index in [-0.39, 0.29) is 28.5 Å². The third kappa shape index (κ3) is 3.40. The highest BCUT2D eigenvalue weighted by Crippen LogP contribution is 2.27. The summed E-state index contributed by atoms with van der Waals surface area (Å²) in [7, 11) is 0. The summed E-state index contributed by atoms with van der Waals surface area (Å²) in [6.45, 7) is 6.96. The molecule has 1 fully saturated rings. The first kappa shape index (κ1) is 16.8. The Morgan fingerprint density at radius 1 is 1.42 bits per heavy atom. The average Bonchev–Trinajstić information content (AvgIpc) is 3.07. The van der Waals surface area contributed by atoms with E-state index in [1.807, 2.05) is 13.8 Å². The molecular weight excluding hydrogens is 330 g/mol. The Kier molecular flexibility index (Phi) is 4.80. The molecule has 0 aromatic carbocycles. The standard InChI is InChI=1S/C16H20ClN5O2/c1-9(2)15-20-14(21-24-15)11-5-4-6-22(8-11)16(23)13-12(17)7-18-10(3)19-13/h7,9,11H,4-6,8H2,1-3H3. The molecule has 2 aromatic heterocycles. The fraction of sp³-hybridized carbons (Fsp3) is 0.562. The molecule has 128 valence electrons. The highest BCUT2D eigenvalue weighted by molar-refractivity contribution is 6.33. The second-order valence-electron chi connectivity index (χ2n) is 6.35. The molecule has 1 saturated heterocycles. The van der Waals surface area contributed by atoms with Crippen molar-refractivity contribution in [2.24, 2.45) is 0 Å². The summed E-state index contributed by atoms with van der Waals surface area (Å²) in [5.41, 5.74) is 0.251. The summed E-state index contributed by atoms with van der Waals surface area (Å²) in [6, 6.07) is 0. The van der Waals surface area contributed by atoms with Crippen molar-refractivity contribution in [3.05, 3.63) is 34.5 Å². The number of carbonyl (C=O) groups is 1. The first-order chi connectivity index (χ1) is 11.5. The number of hydrogen-bond acceptors (Lipinski definition) is 6. The number of aromatic nitrogens is 4. The lowest BCUT2D eigenvalue weighted by molar-refractivity contribution is 0.0697. The fourth-order valence-corrected chi connectivity index (χ4v) is 2.95. The second-order valence-corrected chi connectivity index (χ2v) is 6.76. The van der Waals surface area contributed by atoms with Crippen molar-refractivity contribution in [1.29, 1.82) is 0 Å². The van der Waals surface area contributed by atoms with Crippen LogP contribution in [0.5, 0.6) is 0 Å². The molecule has 3 rings (SSSR count). The van der Waals surface area contributed by atoms with E-state index in [1.54, 1.807) is 11.8 Å². The Morgan fingerprint density at radius 3 is 2.92 bits per heavy atom. The zero-order chi connectivity index (χ0) is 17.3. The van der Waals surface area contributed by atoms with Crippen LogP contribution >= 0.6 is 11.6 Å². The van der Waals surface area contributed by atoms with Gasteiger partial charge in [-0.15, -0.1) is 0 Å². The van der Waals surface area contributed by atoms with Gasteiger partial charge in [0, 0.05) is 24.9 Å². The van der Waals surface area contributed by atoms with Gasteiger partial charge in [0.15, 0.2) is 11.5 Å². The smallest absolute Gasteiger partial charge is 0.274 e. The molecule has 1 unspecified atom stereocenters. The van der Waals surface area contributed by atoms with Crippen LogP contribution in [0.3, 0.4) is 0 Å². The predicted octanol–water partition coefficient (Wildman–Crippen LogP) is 2.96. The topological polar surface area (TPSA) is 85.0 Å². The summed E-state index contributed by atoms with van der Waals surface area (Å²) in [5, 5.41) is 4.36. The van der Waals surface area contributed by atoms with Crippen LogP contribution < -0.4 is 0 Å². The van der Waals surface area contributed by atoms with Gasteiger partial charge in [0.25, 0.3) is 5.91 Å². The zero-order valence-electron chi connectivity index (χ0n) is 14.0. The number of rotatable bonds is 3. The predicted molar refractivity (Wildman–Crippen MR) is 88.0 cm³/mol. The number of likely N-dealkylation sites (tertiary alicyclic amines) is 1.